The van der Waals surface area contributed by atoms with Crippen LogP contribution in [0.5, 0.6) is 0 Å². The Bertz CT molecular complexity index is 94.9. The summed E-state index contributed by atoms with van der Waals surface area (Å²) in [6.07, 6.45) is 6.62. The second-order valence-corrected chi connectivity index (χ2v) is 2.67. The van der Waals surface area contributed by atoms with E-state index in [4.69, 9.17) is 5.11 Å². The Labute approximate surface area is 63.8 Å². The molecule has 0 aliphatic heterocycles. The smallest absolute Gasteiger partial charge is 0.0434 e. The fourth-order valence-electron chi connectivity index (χ4n) is 0.851. The highest BCUT2D eigenvalue weighted by Crippen LogP contribution is 2.04. The minimum Gasteiger partial charge on any atom is -0.396 e. The predicted octanol–water partition coefficient (Wildman–Crippen LogP) is 2.51. The molecule has 0 radical (unpaired) electrons. The molecule has 0 saturated carbocycles. The zero-order valence-electron chi connectivity index (χ0n) is 7.06. The first-order valence-electron chi connectivity index (χ1n) is 4.07. The van der Waals surface area contributed by atoms with E-state index < -0.39 is 0 Å². The summed E-state index contributed by atoms with van der Waals surface area (Å²) in [5, 5.41) is 8.51. The first-order valence-corrected chi connectivity index (χ1v) is 4.07. The van der Waals surface area contributed by atoms with Crippen LogP contribution in [0.15, 0.2) is 11.6 Å². The molecule has 0 fully saturated rings. The molecule has 0 bridgehead atoms. The second-order valence-electron chi connectivity index (χ2n) is 2.67. The van der Waals surface area contributed by atoms with E-state index >= 15 is 0 Å². The van der Waals surface area contributed by atoms with Crippen molar-refractivity contribution in [3.05, 3.63) is 11.6 Å². The molecule has 1 heteroatoms. The summed E-state index contributed by atoms with van der Waals surface area (Å²) in [4.78, 5) is 0. The molecule has 0 aromatic rings. The molecule has 10 heavy (non-hydrogen) atoms. The maximum absolute atomic E-state index is 8.51. The lowest BCUT2D eigenvalue weighted by Gasteiger charge is -1.97. The quantitative estimate of drug-likeness (QED) is 0.585. The summed E-state index contributed by atoms with van der Waals surface area (Å²) < 4.78 is 0. The van der Waals surface area contributed by atoms with Crippen LogP contribution in [0.3, 0.4) is 0 Å². The molecule has 0 saturated heterocycles. The number of aliphatic hydroxyl groups is 1. The van der Waals surface area contributed by atoms with Gasteiger partial charge in [-0.3, -0.25) is 0 Å². The average Bonchev–Trinajstić information content (AvgIpc) is 1.97. The van der Waals surface area contributed by atoms with Gasteiger partial charge in [-0.05, 0) is 26.2 Å². The van der Waals surface area contributed by atoms with Crippen LogP contribution >= 0.6 is 0 Å². The van der Waals surface area contributed by atoms with Gasteiger partial charge in [-0.25, -0.2) is 0 Å². The van der Waals surface area contributed by atoms with Crippen LogP contribution in [-0.4, -0.2) is 11.7 Å². The Hall–Kier alpha value is -0.300. The topological polar surface area (TPSA) is 20.2 Å². The van der Waals surface area contributed by atoms with Gasteiger partial charge in [0.05, 0.1) is 0 Å². The van der Waals surface area contributed by atoms with Crippen molar-refractivity contribution in [2.75, 3.05) is 6.61 Å². The molecule has 1 N–H and O–H groups in total. The highest BCUT2D eigenvalue weighted by Gasteiger charge is 1.87. The van der Waals surface area contributed by atoms with Gasteiger partial charge in [0.15, 0.2) is 0 Å². The minimum atomic E-state index is 0.317. The van der Waals surface area contributed by atoms with Crippen molar-refractivity contribution in [2.45, 2.75) is 39.5 Å². The molecule has 1 nitrogen and oxygen atoms in total. The third-order valence-electron chi connectivity index (χ3n) is 1.51. The molecular formula is C9H18O. The SMILES string of the molecule is CCCC=C(C)CCCO. The standard InChI is InChI=1S/C9H18O/c1-3-4-6-9(2)7-5-8-10/h6,10H,3-5,7-8H2,1-2H3. The van der Waals surface area contributed by atoms with E-state index in [0.717, 1.165) is 12.8 Å². The molecule has 0 aliphatic carbocycles. The van der Waals surface area contributed by atoms with E-state index in [-0.39, 0.29) is 0 Å². The maximum Gasteiger partial charge on any atom is 0.0434 e. The Morgan fingerprint density at radius 3 is 2.70 bits per heavy atom. The van der Waals surface area contributed by atoms with E-state index in [1.54, 1.807) is 0 Å². The van der Waals surface area contributed by atoms with Gasteiger partial charge in [0, 0.05) is 6.61 Å². The molecule has 0 heterocycles. The number of hydrogen-bond donors (Lipinski definition) is 1. The molecule has 0 amide bonds. The molecular weight excluding hydrogens is 124 g/mol. The fourth-order valence-corrected chi connectivity index (χ4v) is 0.851. The first kappa shape index (κ1) is 9.70. The number of allylic oxidation sites excluding steroid dienone is 2. The maximum atomic E-state index is 8.51. The summed E-state index contributed by atoms with van der Waals surface area (Å²) in [7, 11) is 0. The summed E-state index contributed by atoms with van der Waals surface area (Å²) in [5.41, 5.74) is 1.41. The lowest BCUT2D eigenvalue weighted by atomic mass is 10.1. The molecule has 0 rings (SSSR count). The van der Waals surface area contributed by atoms with Gasteiger partial charge in [0.2, 0.25) is 0 Å². The molecule has 0 aromatic heterocycles. The van der Waals surface area contributed by atoms with E-state index in [0.29, 0.717) is 6.61 Å². The van der Waals surface area contributed by atoms with Crippen molar-refractivity contribution in [3.8, 4) is 0 Å². The van der Waals surface area contributed by atoms with E-state index in [1.165, 1.54) is 18.4 Å². The van der Waals surface area contributed by atoms with Crippen LogP contribution in [0.1, 0.15) is 39.5 Å². The van der Waals surface area contributed by atoms with Gasteiger partial charge < -0.3 is 5.11 Å². The predicted molar refractivity (Wildman–Crippen MR) is 45.0 cm³/mol. The molecule has 60 valence electrons. The highest BCUT2D eigenvalue weighted by atomic mass is 16.2. The number of rotatable bonds is 5. The summed E-state index contributed by atoms with van der Waals surface area (Å²) in [5.74, 6) is 0. The summed E-state index contributed by atoms with van der Waals surface area (Å²) >= 11 is 0. The van der Waals surface area contributed by atoms with Crippen molar-refractivity contribution in [2.24, 2.45) is 0 Å². The number of aliphatic hydroxyl groups excluding tert-OH is 1. The minimum absolute atomic E-state index is 0.317. The van der Waals surface area contributed by atoms with Crippen LogP contribution < -0.4 is 0 Å². The van der Waals surface area contributed by atoms with Gasteiger partial charge in [0.25, 0.3) is 0 Å². The normalized spacial score (nSPS) is 12.1. The van der Waals surface area contributed by atoms with Gasteiger partial charge in [0.1, 0.15) is 0 Å². The van der Waals surface area contributed by atoms with E-state index in [1.807, 2.05) is 0 Å². The van der Waals surface area contributed by atoms with Crippen LogP contribution in [0.25, 0.3) is 0 Å². The zero-order chi connectivity index (χ0) is 7.82. The number of unbranched alkanes of at least 4 members (excludes halogenated alkanes) is 1. The lowest BCUT2D eigenvalue weighted by molar-refractivity contribution is 0.288. The number of hydrogen-bond acceptors (Lipinski definition) is 1. The van der Waals surface area contributed by atoms with Crippen molar-refractivity contribution < 1.29 is 5.11 Å². The van der Waals surface area contributed by atoms with Crippen molar-refractivity contribution >= 4 is 0 Å². The van der Waals surface area contributed by atoms with Gasteiger partial charge in [-0.2, -0.15) is 0 Å². The second kappa shape index (κ2) is 6.81. The van der Waals surface area contributed by atoms with Crippen molar-refractivity contribution in [1.82, 2.24) is 0 Å². The molecule has 0 unspecified atom stereocenters. The van der Waals surface area contributed by atoms with Crippen LogP contribution in [0.4, 0.5) is 0 Å². The Morgan fingerprint density at radius 2 is 2.20 bits per heavy atom. The van der Waals surface area contributed by atoms with Gasteiger partial charge >= 0.3 is 0 Å². The van der Waals surface area contributed by atoms with Crippen LogP contribution in [-0.2, 0) is 0 Å². The third-order valence-corrected chi connectivity index (χ3v) is 1.51. The Morgan fingerprint density at radius 1 is 1.50 bits per heavy atom. The summed E-state index contributed by atoms with van der Waals surface area (Å²) in [6.45, 7) is 4.62. The molecule has 0 spiro atoms. The van der Waals surface area contributed by atoms with Crippen molar-refractivity contribution in [1.29, 1.82) is 0 Å². The van der Waals surface area contributed by atoms with E-state index in [2.05, 4.69) is 19.9 Å². The highest BCUT2D eigenvalue weighted by molar-refractivity contribution is 4.97. The van der Waals surface area contributed by atoms with Crippen LogP contribution in [0, 0.1) is 0 Å². The Balaban J connectivity index is 3.30. The third kappa shape index (κ3) is 5.83. The average molecular weight is 142 g/mol. The largest absolute Gasteiger partial charge is 0.396 e. The Kier molecular flexibility index (Phi) is 6.61. The van der Waals surface area contributed by atoms with Crippen molar-refractivity contribution in [3.63, 3.8) is 0 Å². The monoisotopic (exact) mass is 142 g/mol. The summed E-state index contributed by atoms with van der Waals surface area (Å²) in [6, 6.07) is 0. The molecule has 0 aliphatic rings. The molecule has 0 aromatic carbocycles. The van der Waals surface area contributed by atoms with E-state index in [9.17, 15) is 0 Å². The zero-order valence-corrected chi connectivity index (χ0v) is 7.06. The molecule has 0 atom stereocenters. The van der Waals surface area contributed by atoms with Gasteiger partial charge in [-0.1, -0.05) is 25.0 Å². The van der Waals surface area contributed by atoms with Gasteiger partial charge in [-0.15, -0.1) is 0 Å². The fraction of sp³-hybridized carbons (Fsp3) is 0.778. The first-order chi connectivity index (χ1) is 4.81. The van der Waals surface area contributed by atoms with Crippen LogP contribution in [0.2, 0.25) is 0 Å². The lowest BCUT2D eigenvalue weighted by Crippen LogP contribution is -1.83.